The first-order valence-electron chi connectivity index (χ1n) is 9.31. The van der Waals surface area contributed by atoms with Crippen LogP contribution in [0.1, 0.15) is 50.4 Å². The summed E-state index contributed by atoms with van der Waals surface area (Å²) in [5.41, 5.74) is 9.95. The molecule has 1 aliphatic rings. The smallest absolute Gasteiger partial charge is 0.251 e. The number of benzene rings is 2. The third kappa shape index (κ3) is 3.41. The number of aromatic nitrogens is 2. The Bertz CT molecular complexity index is 1080. The summed E-state index contributed by atoms with van der Waals surface area (Å²) in [6.45, 7) is 3.81. The number of aryl methyl sites for hydroxylation is 2. The standard InChI is InChI=1S/C22H22N4O2/c1-12-5-3-4-6-16(12)19(27)18-20(23)26-21(25-18)17-11-14(8-7-13(17)2)22(28)24-15-9-10-15/h3-8,11,15H,9-10,23H2,1-2H3,(H,24,28)(H,25,26). The normalized spacial score (nSPS) is 13.4. The molecule has 6 nitrogen and oxygen atoms in total. The zero-order valence-electron chi connectivity index (χ0n) is 15.9. The van der Waals surface area contributed by atoms with Crippen molar-refractivity contribution in [1.29, 1.82) is 0 Å². The molecule has 0 saturated heterocycles. The molecule has 4 N–H and O–H groups in total. The average molecular weight is 374 g/mol. The maximum Gasteiger partial charge on any atom is 0.251 e. The summed E-state index contributed by atoms with van der Waals surface area (Å²) in [5, 5.41) is 2.98. The van der Waals surface area contributed by atoms with Crippen molar-refractivity contribution in [2.24, 2.45) is 0 Å². The van der Waals surface area contributed by atoms with Crippen molar-refractivity contribution in [1.82, 2.24) is 15.3 Å². The van der Waals surface area contributed by atoms with Crippen LogP contribution in [0.25, 0.3) is 11.4 Å². The number of nitrogens with zero attached hydrogens (tertiary/aromatic N) is 1. The summed E-state index contributed by atoms with van der Waals surface area (Å²) < 4.78 is 0. The number of rotatable bonds is 5. The van der Waals surface area contributed by atoms with Crippen LogP contribution < -0.4 is 11.1 Å². The van der Waals surface area contributed by atoms with E-state index >= 15 is 0 Å². The maximum atomic E-state index is 12.9. The van der Waals surface area contributed by atoms with Crippen LogP contribution in [0.4, 0.5) is 5.82 Å². The summed E-state index contributed by atoms with van der Waals surface area (Å²) in [7, 11) is 0. The van der Waals surface area contributed by atoms with Crippen molar-refractivity contribution in [2.45, 2.75) is 32.7 Å². The molecule has 0 unspecified atom stereocenters. The fourth-order valence-electron chi connectivity index (χ4n) is 3.16. The number of aromatic amines is 1. The van der Waals surface area contributed by atoms with E-state index in [1.807, 2.05) is 38.1 Å². The lowest BCUT2D eigenvalue weighted by Gasteiger charge is -2.07. The zero-order chi connectivity index (χ0) is 19.8. The van der Waals surface area contributed by atoms with Gasteiger partial charge in [0.1, 0.15) is 11.6 Å². The van der Waals surface area contributed by atoms with Crippen LogP contribution in [-0.2, 0) is 0 Å². The molecule has 1 amide bonds. The van der Waals surface area contributed by atoms with Gasteiger partial charge in [-0.2, -0.15) is 0 Å². The van der Waals surface area contributed by atoms with E-state index < -0.39 is 0 Å². The number of carbonyl (C=O) groups is 2. The number of ketones is 1. The van der Waals surface area contributed by atoms with Gasteiger partial charge in [0.15, 0.2) is 5.69 Å². The molecule has 0 atom stereocenters. The molecule has 0 radical (unpaired) electrons. The number of imidazole rings is 1. The molecule has 0 bridgehead atoms. The van der Waals surface area contributed by atoms with Crippen molar-refractivity contribution in [2.75, 3.05) is 5.73 Å². The third-order valence-corrected chi connectivity index (χ3v) is 5.00. The molecule has 1 aromatic heterocycles. The molecule has 0 aliphatic heterocycles. The van der Waals surface area contributed by atoms with Gasteiger partial charge in [-0.15, -0.1) is 0 Å². The summed E-state index contributed by atoms with van der Waals surface area (Å²) >= 11 is 0. The van der Waals surface area contributed by atoms with E-state index in [1.54, 1.807) is 18.2 Å². The molecular formula is C22H22N4O2. The second-order valence-electron chi connectivity index (χ2n) is 7.27. The van der Waals surface area contributed by atoms with E-state index in [2.05, 4.69) is 15.3 Å². The molecule has 4 rings (SSSR count). The van der Waals surface area contributed by atoms with Gasteiger partial charge in [-0.3, -0.25) is 9.59 Å². The van der Waals surface area contributed by atoms with Crippen LogP contribution >= 0.6 is 0 Å². The molecule has 1 fully saturated rings. The van der Waals surface area contributed by atoms with Crippen molar-refractivity contribution >= 4 is 17.5 Å². The highest BCUT2D eigenvalue weighted by Gasteiger charge is 2.25. The molecule has 0 spiro atoms. The first kappa shape index (κ1) is 18.0. The number of carbonyl (C=O) groups excluding carboxylic acids is 2. The molecule has 3 aromatic rings. The van der Waals surface area contributed by atoms with Crippen molar-refractivity contribution in [3.63, 3.8) is 0 Å². The first-order valence-corrected chi connectivity index (χ1v) is 9.31. The highest BCUT2D eigenvalue weighted by atomic mass is 16.1. The van der Waals surface area contributed by atoms with Gasteiger partial charge < -0.3 is 16.0 Å². The van der Waals surface area contributed by atoms with Gasteiger partial charge in [0.25, 0.3) is 5.91 Å². The molecule has 2 aromatic carbocycles. The van der Waals surface area contributed by atoms with Crippen LogP contribution in [0.5, 0.6) is 0 Å². The van der Waals surface area contributed by atoms with E-state index in [9.17, 15) is 9.59 Å². The van der Waals surface area contributed by atoms with E-state index in [4.69, 9.17) is 5.73 Å². The minimum absolute atomic E-state index is 0.0977. The summed E-state index contributed by atoms with van der Waals surface area (Å²) in [6, 6.07) is 13.1. The lowest BCUT2D eigenvalue weighted by molar-refractivity contribution is 0.0950. The lowest BCUT2D eigenvalue weighted by atomic mass is 10.0. The Morgan fingerprint density at radius 3 is 2.57 bits per heavy atom. The molecule has 28 heavy (non-hydrogen) atoms. The Morgan fingerprint density at radius 1 is 1.11 bits per heavy atom. The molecule has 1 heterocycles. The summed E-state index contributed by atoms with van der Waals surface area (Å²) in [4.78, 5) is 32.7. The molecule has 142 valence electrons. The third-order valence-electron chi connectivity index (χ3n) is 5.00. The van der Waals surface area contributed by atoms with Gasteiger partial charge in [-0.05, 0) is 49.9 Å². The Hall–Kier alpha value is -3.41. The van der Waals surface area contributed by atoms with Gasteiger partial charge >= 0.3 is 0 Å². The minimum Gasteiger partial charge on any atom is -0.383 e. The topological polar surface area (TPSA) is 101 Å². The molecule has 1 aliphatic carbocycles. The highest BCUT2D eigenvalue weighted by molar-refractivity contribution is 6.11. The SMILES string of the molecule is Cc1ccccc1C(=O)c1nc(-c2cc(C(=O)NC3CC3)ccc2C)[nH]c1N. The Kier molecular flexibility index (Phi) is 4.47. The van der Waals surface area contributed by atoms with Gasteiger partial charge in [-0.25, -0.2) is 4.98 Å². The predicted molar refractivity (Wildman–Crippen MR) is 108 cm³/mol. The van der Waals surface area contributed by atoms with E-state index in [0.29, 0.717) is 17.0 Å². The van der Waals surface area contributed by atoms with Crippen LogP contribution in [-0.4, -0.2) is 27.7 Å². The number of hydrogen-bond acceptors (Lipinski definition) is 4. The van der Waals surface area contributed by atoms with Crippen molar-refractivity contribution < 1.29 is 9.59 Å². The molecular weight excluding hydrogens is 352 g/mol. The zero-order valence-corrected chi connectivity index (χ0v) is 15.9. The number of nitrogens with one attached hydrogen (secondary N) is 2. The van der Waals surface area contributed by atoms with Crippen LogP contribution in [0.2, 0.25) is 0 Å². The number of nitrogen functional groups attached to an aromatic ring is 1. The van der Waals surface area contributed by atoms with Gasteiger partial charge in [0, 0.05) is 22.7 Å². The van der Waals surface area contributed by atoms with E-state index in [-0.39, 0.29) is 29.2 Å². The van der Waals surface area contributed by atoms with Gasteiger partial charge in [0.05, 0.1) is 0 Å². The Labute approximate surface area is 163 Å². The second-order valence-corrected chi connectivity index (χ2v) is 7.27. The maximum absolute atomic E-state index is 12.9. The Morgan fingerprint density at radius 2 is 1.86 bits per heavy atom. The van der Waals surface area contributed by atoms with E-state index in [0.717, 1.165) is 29.5 Å². The highest BCUT2D eigenvalue weighted by Crippen LogP contribution is 2.27. The number of nitrogens with two attached hydrogens (primary N) is 1. The molecule has 1 saturated carbocycles. The second kappa shape index (κ2) is 6.96. The Balaban J connectivity index is 1.69. The summed E-state index contributed by atoms with van der Waals surface area (Å²) in [5.74, 6) is 0.376. The van der Waals surface area contributed by atoms with Crippen molar-refractivity contribution in [3.8, 4) is 11.4 Å². The number of anilines is 1. The van der Waals surface area contributed by atoms with Crippen molar-refractivity contribution in [3.05, 3.63) is 70.4 Å². The molecule has 6 heteroatoms. The fourth-order valence-corrected chi connectivity index (χ4v) is 3.16. The first-order chi connectivity index (χ1) is 13.4. The van der Waals surface area contributed by atoms with Crippen LogP contribution in [0.15, 0.2) is 42.5 Å². The largest absolute Gasteiger partial charge is 0.383 e. The van der Waals surface area contributed by atoms with Crippen LogP contribution in [0, 0.1) is 13.8 Å². The minimum atomic E-state index is -0.224. The quantitative estimate of drug-likeness (QED) is 0.596. The summed E-state index contributed by atoms with van der Waals surface area (Å²) in [6.07, 6.45) is 2.06. The number of amides is 1. The van der Waals surface area contributed by atoms with Gasteiger partial charge in [-0.1, -0.05) is 30.3 Å². The fraction of sp³-hybridized carbons (Fsp3) is 0.227. The predicted octanol–water partition coefficient (Wildman–Crippen LogP) is 3.40. The monoisotopic (exact) mass is 374 g/mol. The average Bonchev–Trinajstić information content (AvgIpc) is 3.41. The number of hydrogen-bond donors (Lipinski definition) is 3. The van der Waals surface area contributed by atoms with Crippen LogP contribution in [0.3, 0.4) is 0 Å². The number of H-pyrrole nitrogens is 1. The van der Waals surface area contributed by atoms with E-state index in [1.165, 1.54) is 0 Å². The lowest BCUT2D eigenvalue weighted by Crippen LogP contribution is -2.25. The van der Waals surface area contributed by atoms with Gasteiger partial charge in [0.2, 0.25) is 5.78 Å².